The first-order valence-electron chi connectivity index (χ1n) is 7.97. The molecule has 0 atom stereocenters. The van der Waals surface area contributed by atoms with Gasteiger partial charge in [0.2, 0.25) is 11.8 Å². The van der Waals surface area contributed by atoms with Crippen molar-refractivity contribution in [3.05, 3.63) is 59.1 Å². The first-order valence-corrected chi connectivity index (χ1v) is 9.50. The molecule has 0 saturated carbocycles. The molecule has 0 saturated heterocycles. The molecular weight excluding hydrogens is 356 g/mol. The molecule has 132 valence electrons. The summed E-state index contributed by atoms with van der Waals surface area (Å²) in [6, 6.07) is 14.7. The number of hydrogen-bond donors (Lipinski definition) is 2. The lowest BCUT2D eigenvalue weighted by atomic mass is 10.2. The van der Waals surface area contributed by atoms with Gasteiger partial charge in [0.05, 0.1) is 5.75 Å². The minimum absolute atomic E-state index is 0.0321. The molecule has 0 aliphatic heterocycles. The molecule has 0 fully saturated rings. The van der Waals surface area contributed by atoms with Crippen LogP contribution in [0, 0.1) is 5.92 Å². The Morgan fingerprint density at radius 3 is 2.08 bits per heavy atom. The second kappa shape index (κ2) is 9.49. The highest BCUT2D eigenvalue weighted by molar-refractivity contribution is 7.99. The number of nitrogens with one attached hydrogen (secondary N) is 2. The highest BCUT2D eigenvalue weighted by Gasteiger charge is 2.07. The maximum Gasteiger partial charge on any atom is 0.234 e. The molecule has 0 aliphatic rings. The van der Waals surface area contributed by atoms with Gasteiger partial charge < -0.3 is 10.6 Å². The fourth-order valence-electron chi connectivity index (χ4n) is 1.96. The number of carbonyl (C=O) groups excluding carboxylic acids is 2. The Morgan fingerprint density at radius 1 is 0.960 bits per heavy atom. The molecule has 2 aromatic rings. The standard InChI is InChI=1S/C19H21ClN2O2S/c1-13(2)19(24)22-17-9-7-16(8-10-17)21-18(23)12-25-11-14-3-5-15(20)6-4-14/h3-10,13H,11-12H2,1-2H3,(H,21,23)(H,22,24). The average Bonchev–Trinajstić information content (AvgIpc) is 2.58. The highest BCUT2D eigenvalue weighted by Crippen LogP contribution is 2.17. The smallest absolute Gasteiger partial charge is 0.234 e. The van der Waals surface area contributed by atoms with E-state index in [2.05, 4.69) is 10.6 Å². The largest absolute Gasteiger partial charge is 0.326 e. The van der Waals surface area contributed by atoms with Gasteiger partial charge in [0, 0.05) is 28.1 Å². The number of amides is 2. The Bertz CT molecular complexity index is 715. The minimum Gasteiger partial charge on any atom is -0.326 e. The molecule has 6 heteroatoms. The molecule has 25 heavy (non-hydrogen) atoms. The van der Waals surface area contributed by atoms with Crippen LogP contribution < -0.4 is 10.6 Å². The lowest BCUT2D eigenvalue weighted by molar-refractivity contribution is -0.119. The molecule has 0 unspecified atom stereocenters. The average molecular weight is 377 g/mol. The zero-order chi connectivity index (χ0) is 18.2. The lowest BCUT2D eigenvalue weighted by Crippen LogP contribution is -2.18. The maximum absolute atomic E-state index is 12.0. The molecule has 2 rings (SSSR count). The van der Waals surface area contributed by atoms with E-state index in [1.54, 1.807) is 36.0 Å². The van der Waals surface area contributed by atoms with E-state index in [9.17, 15) is 9.59 Å². The monoisotopic (exact) mass is 376 g/mol. The van der Waals surface area contributed by atoms with E-state index >= 15 is 0 Å². The van der Waals surface area contributed by atoms with Crippen LogP contribution in [-0.4, -0.2) is 17.6 Å². The van der Waals surface area contributed by atoms with E-state index < -0.39 is 0 Å². The Kier molecular flexibility index (Phi) is 7.34. The first-order chi connectivity index (χ1) is 11.9. The van der Waals surface area contributed by atoms with Crippen LogP contribution in [0.3, 0.4) is 0 Å². The van der Waals surface area contributed by atoms with Gasteiger partial charge >= 0.3 is 0 Å². The number of rotatable bonds is 7. The van der Waals surface area contributed by atoms with Gasteiger partial charge in [-0.3, -0.25) is 9.59 Å². The van der Waals surface area contributed by atoms with Gasteiger partial charge in [-0.25, -0.2) is 0 Å². The SMILES string of the molecule is CC(C)C(=O)Nc1ccc(NC(=O)CSCc2ccc(Cl)cc2)cc1. The van der Waals surface area contributed by atoms with E-state index in [4.69, 9.17) is 11.6 Å². The van der Waals surface area contributed by atoms with Crippen LogP contribution in [0.1, 0.15) is 19.4 Å². The Morgan fingerprint density at radius 2 is 1.52 bits per heavy atom. The molecule has 0 bridgehead atoms. The second-order valence-electron chi connectivity index (χ2n) is 5.89. The lowest BCUT2D eigenvalue weighted by Gasteiger charge is -2.09. The molecule has 2 aromatic carbocycles. The van der Waals surface area contributed by atoms with Crippen molar-refractivity contribution in [2.75, 3.05) is 16.4 Å². The van der Waals surface area contributed by atoms with Gasteiger partial charge in [-0.15, -0.1) is 11.8 Å². The van der Waals surface area contributed by atoms with Crippen molar-refractivity contribution in [3.8, 4) is 0 Å². The second-order valence-corrected chi connectivity index (χ2v) is 7.31. The Hall–Kier alpha value is -1.98. The van der Waals surface area contributed by atoms with Crippen molar-refractivity contribution in [1.82, 2.24) is 0 Å². The van der Waals surface area contributed by atoms with Crippen molar-refractivity contribution in [2.45, 2.75) is 19.6 Å². The zero-order valence-corrected chi connectivity index (χ0v) is 15.8. The van der Waals surface area contributed by atoms with E-state index in [-0.39, 0.29) is 17.7 Å². The molecule has 4 nitrogen and oxygen atoms in total. The van der Waals surface area contributed by atoms with Crippen LogP contribution in [0.5, 0.6) is 0 Å². The molecule has 0 spiro atoms. The van der Waals surface area contributed by atoms with Gasteiger partial charge in [-0.2, -0.15) is 0 Å². The number of halogens is 1. The fourth-order valence-corrected chi connectivity index (χ4v) is 2.88. The van der Waals surface area contributed by atoms with E-state index in [1.165, 1.54) is 0 Å². The maximum atomic E-state index is 12.0. The molecule has 2 amide bonds. The van der Waals surface area contributed by atoms with Crippen LogP contribution in [-0.2, 0) is 15.3 Å². The normalized spacial score (nSPS) is 10.6. The van der Waals surface area contributed by atoms with Crippen molar-refractivity contribution < 1.29 is 9.59 Å². The van der Waals surface area contributed by atoms with Crippen molar-refractivity contribution in [2.24, 2.45) is 5.92 Å². The third-order valence-corrected chi connectivity index (χ3v) is 4.63. The van der Waals surface area contributed by atoms with Crippen LogP contribution >= 0.6 is 23.4 Å². The van der Waals surface area contributed by atoms with E-state index in [0.717, 1.165) is 11.3 Å². The predicted molar refractivity (Wildman–Crippen MR) is 106 cm³/mol. The van der Waals surface area contributed by atoms with Gasteiger partial charge in [0.15, 0.2) is 0 Å². The van der Waals surface area contributed by atoms with Crippen LogP contribution in [0.2, 0.25) is 5.02 Å². The first kappa shape index (κ1) is 19.3. The van der Waals surface area contributed by atoms with Gasteiger partial charge in [0.25, 0.3) is 0 Å². The quantitative estimate of drug-likeness (QED) is 0.729. The summed E-state index contributed by atoms with van der Waals surface area (Å²) in [5.74, 6) is 0.963. The number of thioether (sulfide) groups is 1. The highest BCUT2D eigenvalue weighted by atomic mass is 35.5. The number of hydrogen-bond acceptors (Lipinski definition) is 3. The molecule has 0 radical (unpaired) electrons. The summed E-state index contributed by atoms with van der Waals surface area (Å²) in [7, 11) is 0. The van der Waals surface area contributed by atoms with Crippen molar-refractivity contribution >= 4 is 46.6 Å². The molecule has 2 N–H and O–H groups in total. The summed E-state index contributed by atoms with van der Waals surface area (Å²) in [4.78, 5) is 23.6. The zero-order valence-electron chi connectivity index (χ0n) is 14.2. The van der Waals surface area contributed by atoms with Crippen LogP contribution in [0.25, 0.3) is 0 Å². The van der Waals surface area contributed by atoms with Crippen molar-refractivity contribution in [3.63, 3.8) is 0 Å². The van der Waals surface area contributed by atoms with Gasteiger partial charge in [-0.05, 0) is 42.0 Å². The van der Waals surface area contributed by atoms with Gasteiger partial charge in [0.1, 0.15) is 0 Å². The molecule has 0 aromatic heterocycles. The number of anilines is 2. The Balaban J connectivity index is 1.76. The summed E-state index contributed by atoms with van der Waals surface area (Å²) in [5, 5.41) is 6.37. The van der Waals surface area contributed by atoms with Gasteiger partial charge in [-0.1, -0.05) is 37.6 Å². The summed E-state index contributed by atoms with van der Waals surface area (Å²) >= 11 is 7.39. The molecule has 0 aliphatic carbocycles. The van der Waals surface area contributed by atoms with E-state index in [0.29, 0.717) is 22.2 Å². The summed E-state index contributed by atoms with van der Waals surface area (Å²) in [5.41, 5.74) is 2.56. The van der Waals surface area contributed by atoms with E-state index in [1.807, 2.05) is 38.1 Å². The summed E-state index contributed by atoms with van der Waals surface area (Å²) in [6.07, 6.45) is 0. The fraction of sp³-hybridized carbons (Fsp3) is 0.263. The number of benzene rings is 2. The predicted octanol–water partition coefficient (Wildman–Crippen LogP) is 4.81. The van der Waals surface area contributed by atoms with Crippen LogP contribution in [0.4, 0.5) is 11.4 Å². The molecular formula is C19H21ClN2O2S. The topological polar surface area (TPSA) is 58.2 Å². The summed E-state index contributed by atoms with van der Waals surface area (Å²) in [6.45, 7) is 3.68. The molecule has 0 heterocycles. The third kappa shape index (κ3) is 6.80. The van der Waals surface area contributed by atoms with Crippen molar-refractivity contribution in [1.29, 1.82) is 0 Å². The Labute approximate surface area is 157 Å². The third-order valence-electron chi connectivity index (χ3n) is 3.38. The number of carbonyl (C=O) groups is 2. The minimum atomic E-state index is -0.0722. The van der Waals surface area contributed by atoms with Crippen LogP contribution in [0.15, 0.2) is 48.5 Å². The summed E-state index contributed by atoms with van der Waals surface area (Å²) < 4.78 is 0.